The van der Waals surface area contributed by atoms with Crippen LogP contribution in [0.2, 0.25) is 0 Å². The normalized spacial score (nSPS) is 12.4. The zero-order valence-corrected chi connectivity index (χ0v) is 11.3. The fourth-order valence-electron chi connectivity index (χ4n) is 1.82. The lowest BCUT2D eigenvalue weighted by Crippen LogP contribution is -2.04. The van der Waals surface area contributed by atoms with Crippen LogP contribution in [0.15, 0.2) is 47.4 Å². The lowest BCUT2D eigenvalue weighted by molar-refractivity contribution is 0.213. The van der Waals surface area contributed by atoms with Crippen molar-refractivity contribution in [1.82, 2.24) is 0 Å². The molecule has 1 atom stereocenters. The van der Waals surface area contributed by atoms with Gasteiger partial charge in [-0.15, -0.1) is 11.8 Å². The van der Waals surface area contributed by atoms with Crippen LogP contribution in [0, 0.1) is 11.6 Å². The maximum atomic E-state index is 13.6. The van der Waals surface area contributed by atoms with Gasteiger partial charge in [0.05, 0.1) is 0 Å². The number of thioether (sulfide) groups is 1. The second-order valence-corrected chi connectivity index (χ2v) is 5.39. The van der Waals surface area contributed by atoms with E-state index in [0.29, 0.717) is 5.56 Å². The molecule has 19 heavy (non-hydrogen) atoms. The Hall–Kier alpha value is -1.39. The van der Waals surface area contributed by atoms with Gasteiger partial charge < -0.3 is 5.11 Å². The number of hydrogen-bond acceptors (Lipinski definition) is 2. The van der Waals surface area contributed by atoms with Crippen LogP contribution in [0.1, 0.15) is 24.2 Å². The Bertz CT molecular complexity index is 555. The Labute approximate surface area is 115 Å². The third kappa shape index (κ3) is 3.14. The van der Waals surface area contributed by atoms with Crippen LogP contribution in [0.4, 0.5) is 8.78 Å². The van der Waals surface area contributed by atoms with Crippen LogP contribution in [0.3, 0.4) is 0 Å². The standard InChI is InChI=1S/C15H14F2OS/c1-2-19-11-8-6-10(7-9-11)15(18)12-4-3-5-13(16)14(12)17/h3-9,15,18H,2H2,1H3. The quantitative estimate of drug-likeness (QED) is 0.849. The van der Waals surface area contributed by atoms with Crippen LogP contribution in [-0.4, -0.2) is 10.9 Å². The molecule has 0 aliphatic carbocycles. The van der Waals surface area contributed by atoms with Crippen molar-refractivity contribution in [3.05, 3.63) is 65.2 Å². The molecular formula is C15H14F2OS. The molecule has 4 heteroatoms. The minimum absolute atomic E-state index is 0.0455. The smallest absolute Gasteiger partial charge is 0.164 e. The van der Waals surface area contributed by atoms with Crippen LogP contribution in [-0.2, 0) is 0 Å². The number of aliphatic hydroxyl groups is 1. The van der Waals surface area contributed by atoms with Crippen LogP contribution >= 0.6 is 11.8 Å². The summed E-state index contributed by atoms with van der Waals surface area (Å²) in [5, 5.41) is 10.1. The number of halogens is 2. The van der Waals surface area contributed by atoms with Gasteiger partial charge in [0.2, 0.25) is 0 Å². The summed E-state index contributed by atoms with van der Waals surface area (Å²) >= 11 is 1.68. The van der Waals surface area contributed by atoms with E-state index in [1.165, 1.54) is 12.1 Å². The highest BCUT2D eigenvalue weighted by Gasteiger charge is 2.17. The van der Waals surface area contributed by atoms with Gasteiger partial charge in [0, 0.05) is 10.5 Å². The minimum Gasteiger partial charge on any atom is -0.384 e. The topological polar surface area (TPSA) is 20.2 Å². The van der Waals surface area contributed by atoms with Crippen LogP contribution in [0.5, 0.6) is 0 Å². The zero-order chi connectivity index (χ0) is 13.8. The number of aliphatic hydroxyl groups excluding tert-OH is 1. The molecular weight excluding hydrogens is 266 g/mol. The predicted molar refractivity (Wildman–Crippen MR) is 73.3 cm³/mol. The molecule has 2 aromatic rings. The molecule has 0 spiro atoms. The second-order valence-electron chi connectivity index (χ2n) is 4.05. The molecule has 0 aromatic heterocycles. The number of hydrogen-bond donors (Lipinski definition) is 1. The predicted octanol–water partition coefficient (Wildman–Crippen LogP) is 4.16. The first-order valence-corrected chi connectivity index (χ1v) is 6.96. The number of benzene rings is 2. The van der Waals surface area contributed by atoms with Gasteiger partial charge in [-0.25, -0.2) is 8.78 Å². The van der Waals surface area contributed by atoms with E-state index in [1.54, 1.807) is 23.9 Å². The van der Waals surface area contributed by atoms with Crippen LogP contribution < -0.4 is 0 Å². The maximum absolute atomic E-state index is 13.6. The molecule has 1 N–H and O–H groups in total. The first-order valence-electron chi connectivity index (χ1n) is 5.98. The van der Waals surface area contributed by atoms with E-state index < -0.39 is 17.7 Å². The van der Waals surface area contributed by atoms with E-state index in [4.69, 9.17) is 0 Å². The molecule has 0 bridgehead atoms. The lowest BCUT2D eigenvalue weighted by atomic mass is 10.0. The molecule has 0 amide bonds. The van der Waals surface area contributed by atoms with Crippen molar-refractivity contribution in [1.29, 1.82) is 0 Å². The molecule has 1 unspecified atom stereocenters. The first kappa shape index (κ1) is 14.0. The molecule has 1 nitrogen and oxygen atoms in total. The van der Waals surface area contributed by atoms with Crippen molar-refractivity contribution in [3.63, 3.8) is 0 Å². The number of rotatable bonds is 4. The molecule has 2 rings (SSSR count). The average Bonchev–Trinajstić information content (AvgIpc) is 2.42. The van der Waals surface area contributed by atoms with Crippen LogP contribution in [0.25, 0.3) is 0 Å². The summed E-state index contributed by atoms with van der Waals surface area (Å²) in [7, 11) is 0. The van der Waals surface area contributed by atoms with Crippen molar-refractivity contribution in [2.45, 2.75) is 17.9 Å². The van der Waals surface area contributed by atoms with E-state index in [-0.39, 0.29) is 5.56 Å². The third-order valence-electron chi connectivity index (χ3n) is 2.78. The highest BCUT2D eigenvalue weighted by atomic mass is 32.2. The summed E-state index contributed by atoms with van der Waals surface area (Å²) in [5.41, 5.74) is 0.501. The molecule has 0 aliphatic rings. The fourth-order valence-corrected chi connectivity index (χ4v) is 2.49. The zero-order valence-electron chi connectivity index (χ0n) is 10.4. The SMILES string of the molecule is CCSc1ccc(C(O)c2cccc(F)c2F)cc1. The Morgan fingerprint density at radius 2 is 1.79 bits per heavy atom. The van der Waals surface area contributed by atoms with E-state index in [1.807, 2.05) is 12.1 Å². The minimum atomic E-state index is -1.16. The van der Waals surface area contributed by atoms with Gasteiger partial charge in [0.15, 0.2) is 11.6 Å². The highest BCUT2D eigenvalue weighted by Crippen LogP contribution is 2.27. The molecule has 2 aromatic carbocycles. The molecule has 0 saturated heterocycles. The largest absolute Gasteiger partial charge is 0.384 e. The Morgan fingerprint density at radius 1 is 1.11 bits per heavy atom. The fraction of sp³-hybridized carbons (Fsp3) is 0.200. The molecule has 0 aliphatic heterocycles. The monoisotopic (exact) mass is 280 g/mol. The van der Waals surface area contributed by atoms with Crippen molar-refractivity contribution in [2.75, 3.05) is 5.75 Å². The van der Waals surface area contributed by atoms with Gasteiger partial charge in [0.1, 0.15) is 6.10 Å². The summed E-state index contributed by atoms with van der Waals surface area (Å²) in [6, 6.07) is 11.0. The van der Waals surface area contributed by atoms with Crippen molar-refractivity contribution >= 4 is 11.8 Å². The van der Waals surface area contributed by atoms with E-state index in [0.717, 1.165) is 16.7 Å². The summed E-state index contributed by atoms with van der Waals surface area (Å²) in [6.07, 6.45) is -1.16. The van der Waals surface area contributed by atoms with Gasteiger partial charge in [-0.05, 0) is 29.5 Å². The van der Waals surface area contributed by atoms with Gasteiger partial charge in [-0.1, -0.05) is 31.2 Å². The van der Waals surface area contributed by atoms with Crippen molar-refractivity contribution in [2.24, 2.45) is 0 Å². The van der Waals surface area contributed by atoms with Crippen molar-refractivity contribution < 1.29 is 13.9 Å². The molecule has 0 heterocycles. The van der Waals surface area contributed by atoms with Crippen molar-refractivity contribution in [3.8, 4) is 0 Å². The summed E-state index contributed by atoms with van der Waals surface area (Å²) < 4.78 is 26.7. The summed E-state index contributed by atoms with van der Waals surface area (Å²) in [5.74, 6) is -0.989. The van der Waals surface area contributed by atoms with E-state index >= 15 is 0 Å². The van der Waals surface area contributed by atoms with E-state index in [9.17, 15) is 13.9 Å². The van der Waals surface area contributed by atoms with Gasteiger partial charge in [-0.3, -0.25) is 0 Å². The molecule has 0 fully saturated rings. The van der Waals surface area contributed by atoms with Gasteiger partial charge in [-0.2, -0.15) is 0 Å². The maximum Gasteiger partial charge on any atom is 0.164 e. The van der Waals surface area contributed by atoms with Gasteiger partial charge in [0.25, 0.3) is 0 Å². The average molecular weight is 280 g/mol. The first-order chi connectivity index (χ1) is 9.13. The molecule has 0 saturated carbocycles. The Morgan fingerprint density at radius 3 is 2.42 bits per heavy atom. The Balaban J connectivity index is 2.28. The molecule has 100 valence electrons. The molecule has 0 radical (unpaired) electrons. The second kappa shape index (κ2) is 6.17. The lowest BCUT2D eigenvalue weighted by Gasteiger charge is -2.13. The summed E-state index contributed by atoms with van der Waals surface area (Å²) in [6.45, 7) is 2.05. The van der Waals surface area contributed by atoms with E-state index in [2.05, 4.69) is 6.92 Å². The van der Waals surface area contributed by atoms with Gasteiger partial charge >= 0.3 is 0 Å². The summed E-state index contributed by atoms with van der Waals surface area (Å²) in [4.78, 5) is 1.08. The Kier molecular flexibility index (Phi) is 4.56. The third-order valence-corrected chi connectivity index (χ3v) is 3.68. The highest BCUT2D eigenvalue weighted by molar-refractivity contribution is 7.99.